The summed E-state index contributed by atoms with van der Waals surface area (Å²) in [5, 5.41) is 0. The van der Waals surface area contributed by atoms with Gasteiger partial charge < -0.3 is 4.57 Å². The Morgan fingerprint density at radius 2 is 2.07 bits per heavy atom. The number of rotatable bonds is 5. The molecule has 4 rings (SSSR count). The van der Waals surface area contributed by atoms with Crippen LogP contribution in [0.4, 0.5) is 8.78 Å². The van der Waals surface area contributed by atoms with Crippen molar-refractivity contribution in [2.24, 2.45) is 11.8 Å². The molecule has 0 saturated carbocycles. The predicted molar refractivity (Wildman–Crippen MR) is 99.6 cm³/mol. The van der Waals surface area contributed by atoms with E-state index in [9.17, 15) is 8.78 Å². The van der Waals surface area contributed by atoms with E-state index < -0.39 is 11.6 Å². The molecule has 1 aromatic carbocycles. The SMILES string of the molecule is CC(C)Cn1cncc1CN1CCC2NNC(c3ccc(F)c(F)c3)C2C1. The van der Waals surface area contributed by atoms with Gasteiger partial charge in [-0.2, -0.15) is 0 Å². The molecule has 146 valence electrons. The molecule has 1 aromatic heterocycles. The number of nitrogens with zero attached hydrogens (tertiary/aromatic N) is 3. The van der Waals surface area contributed by atoms with E-state index in [-0.39, 0.29) is 6.04 Å². The van der Waals surface area contributed by atoms with Gasteiger partial charge in [0.1, 0.15) is 0 Å². The highest BCUT2D eigenvalue weighted by molar-refractivity contribution is 5.24. The molecule has 7 heteroatoms. The lowest BCUT2D eigenvalue weighted by Crippen LogP contribution is -2.45. The lowest BCUT2D eigenvalue weighted by Gasteiger charge is -2.36. The Labute approximate surface area is 158 Å². The normalized spacial score (nSPS) is 25.9. The number of benzene rings is 1. The molecule has 3 atom stereocenters. The van der Waals surface area contributed by atoms with Crippen LogP contribution in [0.5, 0.6) is 0 Å². The van der Waals surface area contributed by atoms with Crippen LogP contribution in [0.2, 0.25) is 0 Å². The topological polar surface area (TPSA) is 45.1 Å². The third-order valence-electron chi connectivity index (χ3n) is 5.64. The van der Waals surface area contributed by atoms with Crippen molar-refractivity contribution in [2.75, 3.05) is 13.1 Å². The van der Waals surface area contributed by atoms with Gasteiger partial charge in [0.15, 0.2) is 11.6 Å². The summed E-state index contributed by atoms with van der Waals surface area (Å²) in [7, 11) is 0. The molecule has 0 spiro atoms. The van der Waals surface area contributed by atoms with E-state index in [2.05, 4.69) is 39.2 Å². The number of hydrazine groups is 1. The average molecular weight is 375 g/mol. The van der Waals surface area contributed by atoms with Crippen molar-refractivity contribution in [3.05, 3.63) is 53.6 Å². The van der Waals surface area contributed by atoms with E-state index in [1.807, 2.05) is 12.5 Å². The zero-order valence-electron chi connectivity index (χ0n) is 15.8. The van der Waals surface area contributed by atoms with Crippen LogP contribution in [0.15, 0.2) is 30.7 Å². The van der Waals surface area contributed by atoms with Gasteiger partial charge in [-0.15, -0.1) is 0 Å². The third kappa shape index (κ3) is 3.90. The van der Waals surface area contributed by atoms with E-state index in [0.29, 0.717) is 17.9 Å². The van der Waals surface area contributed by atoms with E-state index in [4.69, 9.17) is 0 Å². The molecule has 0 amide bonds. The maximum atomic E-state index is 13.7. The summed E-state index contributed by atoms with van der Waals surface area (Å²) in [4.78, 5) is 6.76. The molecule has 2 N–H and O–H groups in total. The Morgan fingerprint density at radius 3 is 2.85 bits per heavy atom. The minimum absolute atomic E-state index is 0.0199. The van der Waals surface area contributed by atoms with Crippen LogP contribution >= 0.6 is 0 Å². The van der Waals surface area contributed by atoms with Crippen LogP contribution in [0.3, 0.4) is 0 Å². The fourth-order valence-electron chi connectivity index (χ4n) is 4.32. The van der Waals surface area contributed by atoms with Gasteiger partial charge in [-0.25, -0.2) is 19.2 Å². The van der Waals surface area contributed by atoms with E-state index in [1.165, 1.54) is 17.8 Å². The Bertz CT molecular complexity index is 790. The van der Waals surface area contributed by atoms with E-state index in [1.54, 1.807) is 6.07 Å². The number of halogens is 2. The van der Waals surface area contributed by atoms with Gasteiger partial charge in [0.05, 0.1) is 18.1 Å². The van der Waals surface area contributed by atoms with Crippen molar-refractivity contribution < 1.29 is 8.78 Å². The first-order valence-corrected chi connectivity index (χ1v) is 9.68. The van der Waals surface area contributed by atoms with Gasteiger partial charge >= 0.3 is 0 Å². The lowest BCUT2D eigenvalue weighted by molar-refractivity contribution is 0.145. The van der Waals surface area contributed by atoms with Crippen LogP contribution in [0.1, 0.15) is 37.6 Å². The molecular weight excluding hydrogens is 348 g/mol. The summed E-state index contributed by atoms with van der Waals surface area (Å²) in [6.45, 7) is 8.15. The van der Waals surface area contributed by atoms with Gasteiger partial charge in [-0.3, -0.25) is 10.3 Å². The Balaban J connectivity index is 1.47. The molecule has 2 aliphatic heterocycles. The van der Waals surface area contributed by atoms with Crippen LogP contribution in [-0.2, 0) is 13.1 Å². The summed E-state index contributed by atoms with van der Waals surface area (Å²) < 4.78 is 29.2. The third-order valence-corrected chi connectivity index (χ3v) is 5.64. The summed E-state index contributed by atoms with van der Waals surface area (Å²) in [6.07, 6.45) is 4.88. The molecule has 2 aliphatic rings. The summed E-state index contributed by atoms with van der Waals surface area (Å²) in [5.74, 6) is -0.706. The highest BCUT2D eigenvalue weighted by Crippen LogP contribution is 2.34. The molecule has 0 aliphatic carbocycles. The maximum Gasteiger partial charge on any atom is 0.159 e. The molecule has 2 saturated heterocycles. The lowest BCUT2D eigenvalue weighted by atomic mass is 9.85. The number of hydrogen-bond donors (Lipinski definition) is 2. The van der Waals surface area contributed by atoms with Crippen molar-refractivity contribution in [1.82, 2.24) is 25.3 Å². The van der Waals surface area contributed by atoms with Crippen molar-refractivity contribution in [2.45, 2.75) is 45.4 Å². The Hall–Kier alpha value is -1.83. The molecule has 2 fully saturated rings. The van der Waals surface area contributed by atoms with Crippen LogP contribution in [0.25, 0.3) is 0 Å². The number of aromatic nitrogens is 2. The average Bonchev–Trinajstić information content (AvgIpc) is 3.24. The largest absolute Gasteiger partial charge is 0.333 e. The minimum Gasteiger partial charge on any atom is -0.333 e. The summed E-state index contributed by atoms with van der Waals surface area (Å²) in [5.41, 5.74) is 8.66. The number of fused-ring (bicyclic) bond motifs is 1. The van der Waals surface area contributed by atoms with E-state index >= 15 is 0 Å². The van der Waals surface area contributed by atoms with Gasteiger partial charge in [0.25, 0.3) is 0 Å². The quantitative estimate of drug-likeness (QED) is 0.844. The number of nitrogens with one attached hydrogen (secondary N) is 2. The van der Waals surface area contributed by atoms with Crippen LogP contribution < -0.4 is 10.9 Å². The minimum atomic E-state index is -0.801. The fourth-order valence-corrected chi connectivity index (χ4v) is 4.32. The van der Waals surface area contributed by atoms with Crippen LogP contribution in [-0.4, -0.2) is 33.6 Å². The molecule has 3 heterocycles. The number of likely N-dealkylation sites (tertiary alicyclic amines) is 1. The predicted octanol–water partition coefficient (Wildman–Crippen LogP) is 2.86. The first-order valence-electron chi connectivity index (χ1n) is 9.68. The van der Waals surface area contributed by atoms with Crippen LogP contribution in [0, 0.1) is 23.5 Å². The van der Waals surface area contributed by atoms with Crippen molar-refractivity contribution >= 4 is 0 Å². The molecule has 2 aromatic rings. The zero-order chi connectivity index (χ0) is 19.0. The van der Waals surface area contributed by atoms with Gasteiger partial charge in [0.2, 0.25) is 0 Å². The molecule has 3 unspecified atom stereocenters. The fraction of sp³-hybridized carbons (Fsp3) is 0.550. The monoisotopic (exact) mass is 375 g/mol. The standard InChI is InChI=1S/C20H27F2N5/c1-13(2)9-27-12-23-8-15(27)10-26-6-5-19-16(11-26)20(25-24-19)14-3-4-17(21)18(22)7-14/h3-4,7-8,12-13,16,19-20,24-25H,5-6,9-11H2,1-2H3. The zero-order valence-corrected chi connectivity index (χ0v) is 15.8. The molecule has 0 bridgehead atoms. The highest BCUT2D eigenvalue weighted by Gasteiger charge is 2.40. The first kappa shape index (κ1) is 18.5. The molecule has 0 radical (unpaired) electrons. The van der Waals surface area contributed by atoms with Gasteiger partial charge in [-0.05, 0) is 30.0 Å². The van der Waals surface area contributed by atoms with Crippen molar-refractivity contribution in [1.29, 1.82) is 0 Å². The second-order valence-electron chi connectivity index (χ2n) is 8.17. The van der Waals surface area contributed by atoms with E-state index in [0.717, 1.165) is 38.2 Å². The highest BCUT2D eigenvalue weighted by atomic mass is 19.2. The molecule has 27 heavy (non-hydrogen) atoms. The van der Waals surface area contributed by atoms with Crippen molar-refractivity contribution in [3.8, 4) is 0 Å². The Morgan fingerprint density at radius 1 is 1.22 bits per heavy atom. The Kier molecular flexibility index (Phi) is 5.25. The number of imidazole rings is 1. The number of piperidine rings is 1. The second-order valence-corrected chi connectivity index (χ2v) is 8.17. The first-order chi connectivity index (χ1) is 13.0. The maximum absolute atomic E-state index is 13.7. The molecular formula is C20H27F2N5. The van der Waals surface area contributed by atoms with Gasteiger partial charge in [-0.1, -0.05) is 19.9 Å². The molecule has 5 nitrogen and oxygen atoms in total. The smallest absolute Gasteiger partial charge is 0.159 e. The number of hydrogen-bond acceptors (Lipinski definition) is 4. The second kappa shape index (κ2) is 7.66. The van der Waals surface area contributed by atoms with Gasteiger partial charge in [0, 0.05) is 44.3 Å². The summed E-state index contributed by atoms with van der Waals surface area (Å²) in [6, 6.07) is 4.53. The summed E-state index contributed by atoms with van der Waals surface area (Å²) >= 11 is 0. The van der Waals surface area contributed by atoms with Crippen molar-refractivity contribution in [3.63, 3.8) is 0 Å².